The average Bonchev–Trinajstić information content (AvgIpc) is 3.46. The Morgan fingerprint density at radius 1 is 1.03 bits per heavy atom. The molecule has 2 bridgehead atoms. The lowest BCUT2D eigenvalue weighted by atomic mass is 10.0. The average molecular weight is 461 g/mol. The van der Waals surface area contributed by atoms with Crippen molar-refractivity contribution in [3.63, 3.8) is 0 Å². The maximum absolute atomic E-state index is 10.5. The van der Waals surface area contributed by atoms with Gasteiger partial charge in [-0.15, -0.1) is 12.4 Å². The first-order chi connectivity index (χ1) is 14.2. The maximum Gasteiger partial charge on any atom is 0.186 e. The summed E-state index contributed by atoms with van der Waals surface area (Å²) in [5.74, 6) is 0.216. The lowest BCUT2D eigenvalue weighted by Crippen LogP contribution is -2.43. The van der Waals surface area contributed by atoms with Crippen molar-refractivity contribution in [3.8, 4) is 27.4 Å². The third-order valence-electron chi connectivity index (χ3n) is 5.84. The van der Waals surface area contributed by atoms with E-state index in [-0.39, 0.29) is 18.2 Å². The van der Waals surface area contributed by atoms with Crippen molar-refractivity contribution < 1.29 is 5.11 Å². The minimum Gasteiger partial charge on any atom is -0.507 e. The van der Waals surface area contributed by atoms with Crippen LogP contribution in [0.2, 0.25) is 0 Å². The number of thiazole rings is 2. The number of anilines is 1. The topological polar surface area (TPSA) is 98.8 Å². The zero-order chi connectivity index (χ0) is 19.4. The van der Waals surface area contributed by atoms with Gasteiger partial charge < -0.3 is 15.7 Å². The molecule has 7 nitrogen and oxygen atoms in total. The van der Waals surface area contributed by atoms with Crippen LogP contribution in [0.15, 0.2) is 30.6 Å². The van der Waals surface area contributed by atoms with Crippen molar-refractivity contribution in [1.29, 1.82) is 0 Å². The van der Waals surface area contributed by atoms with E-state index in [0.717, 1.165) is 36.5 Å². The molecule has 30 heavy (non-hydrogen) atoms. The van der Waals surface area contributed by atoms with Crippen molar-refractivity contribution in [1.82, 2.24) is 25.5 Å². The number of phenols is 1. The number of hydrogen-bond acceptors (Lipinski definition) is 8. The molecule has 2 atom stereocenters. The maximum atomic E-state index is 10.5. The molecule has 5 heterocycles. The second-order valence-electron chi connectivity index (χ2n) is 7.82. The second kappa shape index (κ2) is 7.81. The van der Waals surface area contributed by atoms with E-state index in [9.17, 15) is 5.11 Å². The molecule has 0 aliphatic carbocycles. The van der Waals surface area contributed by atoms with Gasteiger partial charge in [0.25, 0.3) is 0 Å². The number of benzene rings is 1. The second-order valence-corrected chi connectivity index (χ2v) is 9.77. The smallest absolute Gasteiger partial charge is 0.186 e. The van der Waals surface area contributed by atoms with Crippen LogP contribution in [0.3, 0.4) is 0 Å². The van der Waals surface area contributed by atoms with E-state index < -0.39 is 0 Å². The SMILES string of the molecule is Cl.Oc1cc(-c2cn[nH]c2)ccc1-c1nc2sc(NC3CC4CCC(C3)N4)nc2s1. The molecule has 6 rings (SSSR count). The number of aromatic amines is 1. The van der Waals surface area contributed by atoms with E-state index in [4.69, 9.17) is 9.97 Å². The first kappa shape index (κ1) is 19.7. The molecule has 0 saturated carbocycles. The Morgan fingerprint density at radius 2 is 1.83 bits per heavy atom. The number of aromatic nitrogens is 4. The van der Waals surface area contributed by atoms with Crippen LogP contribution in [0.25, 0.3) is 31.4 Å². The molecule has 1 aromatic carbocycles. The van der Waals surface area contributed by atoms with Crippen LogP contribution < -0.4 is 10.6 Å². The highest BCUT2D eigenvalue weighted by Crippen LogP contribution is 2.40. The van der Waals surface area contributed by atoms with Gasteiger partial charge in [0.1, 0.15) is 10.8 Å². The number of rotatable bonds is 4. The Kier molecular flexibility index (Phi) is 5.14. The predicted octanol–water partition coefficient (Wildman–Crippen LogP) is 4.63. The Balaban J connectivity index is 0.00000193. The summed E-state index contributed by atoms with van der Waals surface area (Å²) in [6.07, 6.45) is 8.46. The summed E-state index contributed by atoms with van der Waals surface area (Å²) >= 11 is 3.12. The Hall–Kier alpha value is -2.20. The lowest BCUT2D eigenvalue weighted by molar-refractivity contribution is 0.378. The number of nitrogens with one attached hydrogen (secondary N) is 3. The molecule has 2 aliphatic rings. The quantitative estimate of drug-likeness (QED) is 0.354. The van der Waals surface area contributed by atoms with E-state index in [1.54, 1.807) is 29.8 Å². The molecule has 0 spiro atoms. The van der Waals surface area contributed by atoms with E-state index in [1.807, 2.05) is 12.1 Å². The minimum atomic E-state index is 0. The largest absolute Gasteiger partial charge is 0.507 e. The molecule has 3 aromatic heterocycles. The molecular weight excluding hydrogens is 440 g/mol. The van der Waals surface area contributed by atoms with Crippen LogP contribution in [0.5, 0.6) is 5.75 Å². The highest BCUT2D eigenvalue weighted by molar-refractivity contribution is 7.29. The number of H-pyrrole nitrogens is 1. The van der Waals surface area contributed by atoms with Crippen molar-refractivity contribution >= 4 is 49.9 Å². The highest BCUT2D eigenvalue weighted by atomic mass is 35.5. The lowest BCUT2D eigenvalue weighted by Gasteiger charge is -2.29. The summed E-state index contributed by atoms with van der Waals surface area (Å²) in [5.41, 5.74) is 2.59. The zero-order valence-electron chi connectivity index (χ0n) is 16.0. The fourth-order valence-corrected chi connectivity index (χ4v) is 6.52. The number of piperidine rings is 1. The molecule has 156 valence electrons. The molecule has 4 N–H and O–H groups in total. The molecular formula is C20H21ClN6OS2. The summed E-state index contributed by atoms with van der Waals surface area (Å²) in [6.45, 7) is 0. The van der Waals surface area contributed by atoms with Crippen LogP contribution >= 0.6 is 35.1 Å². The summed E-state index contributed by atoms with van der Waals surface area (Å²) in [7, 11) is 0. The summed E-state index contributed by atoms with van der Waals surface area (Å²) < 4.78 is 0. The summed E-state index contributed by atoms with van der Waals surface area (Å²) in [4.78, 5) is 11.3. The van der Waals surface area contributed by atoms with Gasteiger partial charge >= 0.3 is 0 Å². The molecule has 4 aromatic rings. The number of fused-ring (bicyclic) bond motifs is 3. The van der Waals surface area contributed by atoms with Gasteiger partial charge in [-0.2, -0.15) is 5.10 Å². The first-order valence-corrected chi connectivity index (χ1v) is 11.5. The van der Waals surface area contributed by atoms with Crippen molar-refractivity contribution in [2.24, 2.45) is 0 Å². The molecule has 2 unspecified atom stereocenters. The van der Waals surface area contributed by atoms with Gasteiger partial charge in [0.15, 0.2) is 14.8 Å². The molecule has 10 heteroatoms. The standard InChI is InChI=1S/C20H20N6OS2.ClH/c27-16-5-10(11-8-21-22-9-11)1-4-15(16)17-25-18-19(28-17)26-20(29-18)24-14-6-12-2-3-13(7-14)23-12;/h1,4-5,8-9,12-14,23,27H,2-3,6-7H2,(H,21,22)(H,24,26);1H. The first-order valence-electron chi connectivity index (χ1n) is 9.84. The van der Waals surface area contributed by atoms with Gasteiger partial charge in [-0.1, -0.05) is 28.7 Å². The van der Waals surface area contributed by atoms with Gasteiger partial charge in [-0.3, -0.25) is 5.10 Å². The predicted molar refractivity (Wildman–Crippen MR) is 124 cm³/mol. The van der Waals surface area contributed by atoms with Crippen molar-refractivity contribution in [2.45, 2.75) is 43.8 Å². The number of nitrogens with zero attached hydrogens (tertiary/aromatic N) is 3. The van der Waals surface area contributed by atoms with Crippen LogP contribution in [0, 0.1) is 0 Å². The summed E-state index contributed by atoms with van der Waals surface area (Å²) in [5, 5.41) is 26.3. The molecule has 2 saturated heterocycles. The fourth-order valence-electron chi connectivity index (χ4n) is 4.47. The van der Waals surface area contributed by atoms with E-state index >= 15 is 0 Å². The fraction of sp³-hybridized carbons (Fsp3) is 0.350. The zero-order valence-corrected chi connectivity index (χ0v) is 18.4. The normalized spacial score (nSPS) is 22.9. The van der Waals surface area contributed by atoms with E-state index in [2.05, 4.69) is 20.8 Å². The summed E-state index contributed by atoms with van der Waals surface area (Å²) in [6, 6.07) is 7.44. The van der Waals surface area contributed by atoms with Crippen LogP contribution in [0.1, 0.15) is 25.7 Å². The van der Waals surface area contributed by atoms with Crippen molar-refractivity contribution in [2.75, 3.05) is 5.32 Å². The molecule has 2 aliphatic heterocycles. The Bertz CT molecular complexity index is 1130. The molecule has 0 radical (unpaired) electrons. The van der Waals surface area contributed by atoms with Gasteiger partial charge in [0.05, 0.1) is 11.8 Å². The van der Waals surface area contributed by atoms with Crippen LogP contribution in [0.4, 0.5) is 5.13 Å². The highest BCUT2D eigenvalue weighted by Gasteiger charge is 2.33. The third kappa shape index (κ3) is 3.56. The van der Waals surface area contributed by atoms with Gasteiger partial charge in [0.2, 0.25) is 0 Å². The van der Waals surface area contributed by atoms with Crippen LogP contribution in [-0.4, -0.2) is 43.4 Å². The van der Waals surface area contributed by atoms with Gasteiger partial charge in [-0.05, 0) is 43.4 Å². The molecule has 0 amide bonds. The minimum absolute atomic E-state index is 0. The van der Waals surface area contributed by atoms with E-state index in [0.29, 0.717) is 18.1 Å². The Labute approximate surface area is 187 Å². The van der Waals surface area contributed by atoms with Gasteiger partial charge in [0, 0.05) is 29.9 Å². The van der Waals surface area contributed by atoms with Gasteiger partial charge in [-0.25, -0.2) is 9.97 Å². The number of aromatic hydroxyl groups is 1. The van der Waals surface area contributed by atoms with E-state index in [1.165, 1.54) is 37.0 Å². The number of hydrogen-bond donors (Lipinski definition) is 4. The van der Waals surface area contributed by atoms with Crippen molar-refractivity contribution in [3.05, 3.63) is 30.6 Å². The number of phenolic OH excluding ortho intramolecular Hbond substituents is 1. The third-order valence-corrected chi connectivity index (χ3v) is 7.83. The monoisotopic (exact) mass is 460 g/mol. The van der Waals surface area contributed by atoms with Crippen LogP contribution in [-0.2, 0) is 0 Å². The Morgan fingerprint density at radius 3 is 2.53 bits per heavy atom. The number of halogens is 1. The molecule has 2 fully saturated rings.